The van der Waals surface area contributed by atoms with Crippen LogP contribution in [0.5, 0.6) is 0 Å². The fraction of sp³-hybridized carbons (Fsp3) is 0.811. The number of rotatable bonds is 39. The highest BCUT2D eigenvalue weighted by Gasteiger charge is 2.59. The monoisotopic (exact) mass is 1320 g/mol. The highest BCUT2D eigenvalue weighted by molar-refractivity contribution is 5.91. The number of Topliss-reactive ketones (excluding diaryl/α,β-unsaturated/α-hetero) is 5. The smallest absolute Gasteiger partial charge is 0.187 e. The van der Waals surface area contributed by atoms with Crippen LogP contribution in [0.2, 0.25) is 0 Å². The molecule has 1 saturated carbocycles. The zero-order chi connectivity index (χ0) is 68.8. The van der Waals surface area contributed by atoms with E-state index < -0.39 is 201 Å². The molecule has 0 spiro atoms. The average Bonchev–Trinajstić information content (AvgIpc) is 1.09. The molecule has 0 bridgehead atoms. The molecule has 3 heterocycles. The summed E-state index contributed by atoms with van der Waals surface area (Å²) in [5, 5.41) is 92.6. The van der Waals surface area contributed by atoms with Gasteiger partial charge in [-0.1, -0.05) is 0 Å². The Morgan fingerprint density at radius 3 is 1.10 bits per heavy atom. The molecule has 0 aromatic heterocycles. The van der Waals surface area contributed by atoms with Crippen LogP contribution in [0.15, 0.2) is 25.0 Å². The van der Waals surface area contributed by atoms with E-state index in [9.17, 15) is 60.0 Å². The number of hydrogen-bond donors (Lipinski definition) is 23. The van der Waals surface area contributed by atoms with E-state index in [1.54, 1.807) is 0 Å². The molecule has 0 unspecified atom stereocenters. The van der Waals surface area contributed by atoms with Gasteiger partial charge in [-0.15, -0.1) is 0 Å². The zero-order valence-corrected chi connectivity index (χ0v) is 51.3. The summed E-state index contributed by atoms with van der Waals surface area (Å²) in [5.74, 6) is -12.8. The number of aliphatic imine (C=N–C) groups is 5. The summed E-state index contributed by atoms with van der Waals surface area (Å²) in [6.45, 7) is -1.83. The maximum Gasteiger partial charge on any atom is 0.187 e. The molecule has 39 nitrogen and oxygen atoms in total. The molecule has 1 aliphatic carbocycles. The summed E-state index contributed by atoms with van der Waals surface area (Å²) in [6, 6.07) is -6.86. The molecule has 3 saturated heterocycles. The first-order valence-electron chi connectivity index (χ1n) is 30.3. The number of guanidine groups is 5. The summed E-state index contributed by atoms with van der Waals surface area (Å²) in [7, 11) is 0. The van der Waals surface area contributed by atoms with E-state index in [4.69, 9.17) is 114 Å². The van der Waals surface area contributed by atoms with E-state index in [-0.39, 0.29) is 127 Å². The van der Waals surface area contributed by atoms with Gasteiger partial charge in [-0.2, -0.15) is 0 Å². The van der Waals surface area contributed by atoms with Gasteiger partial charge < -0.3 is 155 Å². The van der Waals surface area contributed by atoms with Crippen molar-refractivity contribution in [3.63, 3.8) is 0 Å². The Labute approximate surface area is 530 Å². The lowest BCUT2D eigenvalue weighted by atomic mass is 9.69. The SMILES string of the molecule is NC(N)=NCCC[C@H](N)C(=O)C[C@@H]1O[C@H](O[C@H]2[C@@H](O)[C@H](O[C@@H]3[C@@H](O)[C@H](C(=O)[C@@H](N)CCCN=C(N)N)C[C@H](C(=O)[C@@H](N)CCCN=C(N)N)[C@H]3O[C@H]3O[C@H](CO)[C@@H](O)[C@H](O)[C@H]3C(=O)[C@@H](N)CCCN=C(N)N)O[C@@H]2CO)[C@H](C(=O)[C@@H](N)CCCN=C(N)N)[C@@H](O)[C@@H]1O. The van der Waals surface area contributed by atoms with Gasteiger partial charge in [-0.25, -0.2) is 0 Å². The number of carbonyl (C=O) groups is 5. The molecule has 0 aromatic carbocycles. The number of aliphatic hydroxyl groups is 8. The van der Waals surface area contributed by atoms with Gasteiger partial charge in [0, 0.05) is 51.0 Å². The molecule has 0 aromatic rings. The van der Waals surface area contributed by atoms with Crippen molar-refractivity contribution in [3.05, 3.63) is 0 Å². The van der Waals surface area contributed by atoms with Gasteiger partial charge in [0.25, 0.3) is 0 Å². The Bertz CT molecular complexity index is 2520. The highest BCUT2D eigenvalue weighted by Crippen LogP contribution is 2.42. The highest BCUT2D eigenvalue weighted by atomic mass is 16.8. The number of hydrogen-bond acceptors (Lipinski definition) is 29. The van der Waals surface area contributed by atoms with Crippen molar-refractivity contribution >= 4 is 58.7 Å². The van der Waals surface area contributed by atoms with Gasteiger partial charge in [0.1, 0.15) is 42.7 Å². The van der Waals surface area contributed by atoms with Crippen LogP contribution in [0, 0.1) is 23.7 Å². The third kappa shape index (κ3) is 22.3. The number of ketones is 5. The fourth-order valence-electron chi connectivity index (χ4n) is 11.4. The van der Waals surface area contributed by atoms with E-state index in [1.807, 2.05) is 0 Å². The molecule has 4 fully saturated rings. The quantitative estimate of drug-likeness (QED) is 0.0154. The first-order valence-corrected chi connectivity index (χ1v) is 30.3. The molecule has 0 amide bonds. The second-order valence-corrected chi connectivity index (χ2v) is 23.3. The number of nitrogens with two attached hydrogens (primary N) is 15. The molecular weight excluding hydrogens is 1220 g/mol. The Morgan fingerprint density at radius 2 is 0.707 bits per heavy atom. The van der Waals surface area contributed by atoms with Crippen LogP contribution in [-0.4, -0.2) is 268 Å². The van der Waals surface area contributed by atoms with Crippen LogP contribution < -0.4 is 86.0 Å². The molecule has 0 radical (unpaired) electrons. The first-order chi connectivity index (χ1) is 43.4. The van der Waals surface area contributed by atoms with Crippen LogP contribution in [0.25, 0.3) is 0 Å². The van der Waals surface area contributed by atoms with E-state index in [1.165, 1.54) is 0 Å². The predicted octanol–water partition coefficient (Wildman–Crippen LogP) is -12.5. The van der Waals surface area contributed by atoms with Gasteiger partial charge in [-0.05, 0) is 70.6 Å². The molecule has 92 heavy (non-hydrogen) atoms. The van der Waals surface area contributed by atoms with Crippen molar-refractivity contribution in [2.75, 3.05) is 45.9 Å². The van der Waals surface area contributed by atoms with Gasteiger partial charge in [0.15, 0.2) is 77.6 Å². The number of aliphatic hydroxyl groups excluding tert-OH is 8. The van der Waals surface area contributed by atoms with Crippen LogP contribution >= 0.6 is 0 Å². The summed E-state index contributed by atoms with van der Waals surface area (Å²) >= 11 is 0. The lowest BCUT2D eigenvalue weighted by molar-refractivity contribution is -0.323. The lowest BCUT2D eigenvalue weighted by Gasteiger charge is -2.49. The second-order valence-electron chi connectivity index (χ2n) is 23.3. The molecule has 4 rings (SSSR count). The Balaban J connectivity index is 1.88. The standard InChI is InChI=1S/C53H100N20O19/c54-22(6-1-11-69-49(59)60)27(76)17-28-38(82)40(84)31(36(80)25(57)9-4-14-72-52(65)66)46(87-28)91-44-30(19-75)89-48(42(44)86)92-45-35(79)20(33(77)23(55)7-2-12-70-50(61)62)16-21(34(78)24(56)8-3-13-71-51(63)64)43(45)90-47-32(41(85)39(83)29(18-74)88-47)37(81)26(58)10-5-15-73-53(67)68/h20-26,28-32,35,38-48,74-75,79,82-86H,1-19,54-58H2,(H4,59,60,69)(H4,61,62,70)(H4,63,64,71)(H4,65,66,72)(H4,67,68,73)/t20-,21+,22-,23-,24-,25-,26-,28-,29+,30+,31+,32+,35-,38+,39+,40+,41+,42+,43+,44+,45+,46+,47+,48-/m0/s1. The molecule has 3 aliphatic heterocycles. The summed E-state index contributed by atoms with van der Waals surface area (Å²) < 4.78 is 37.5. The first kappa shape index (κ1) is 78.4. The van der Waals surface area contributed by atoms with Crippen molar-refractivity contribution in [3.8, 4) is 0 Å². The molecule has 4 aliphatic rings. The third-order valence-corrected chi connectivity index (χ3v) is 16.4. The van der Waals surface area contributed by atoms with Gasteiger partial charge in [-0.3, -0.25) is 48.9 Å². The van der Waals surface area contributed by atoms with Crippen molar-refractivity contribution in [2.24, 2.45) is 135 Å². The largest absolute Gasteiger partial charge is 0.394 e. The van der Waals surface area contributed by atoms with Crippen molar-refractivity contribution in [1.29, 1.82) is 0 Å². The van der Waals surface area contributed by atoms with Crippen LogP contribution in [-0.2, 0) is 52.4 Å². The molecule has 39 heteroatoms. The average molecular weight is 1320 g/mol. The van der Waals surface area contributed by atoms with Crippen molar-refractivity contribution in [1.82, 2.24) is 0 Å². The summed E-state index contributed by atoms with van der Waals surface area (Å²) in [5.41, 5.74) is 86.6. The molecule has 526 valence electrons. The van der Waals surface area contributed by atoms with Crippen LogP contribution in [0.1, 0.15) is 77.0 Å². The van der Waals surface area contributed by atoms with Crippen molar-refractivity contribution < 1.29 is 93.2 Å². The minimum atomic E-state index is -2.19. The predicted molar refractivity (Wildman–Crippen MR) is 328 cm³/mol. The Morgan fingerprint density at radius 1 is 0.380 bits per heavy atom. The normalized spacial score (nSPS) is 32.2. The van der Waals surface area contributed by atoms with Gasteiger partial charge >= 0.3 is 0 Å². The van der Waals surface area contributed by atoms with Crippen LogP contribution in [0.4, 0.5) is 0 Å². The number of ether oxygens (including phenoxy) is 6. The van der Waals surface area contributed by atoms with E-state index >= 15 is 4.79 Å². The van der Waals surface area contributed by atoms with E-state index in [0.717, 1.165) is 0 Å². The number of nitrogens with zero attached hydrogens (tertiary/aromatic N) is 5. The summed E-state index contributed by atoms with van der Waals surface area (Å²) in [6.07, 6.45) is -30.8. The van der Waals surface area contributed by atoms with E-state index in [2.05, 4.69) is 25.0 Å². The molecular formula is C53H100N20O19. The molecule has 38 N–H and O–H groups in total. The van der Waals surface area contributed by atoms with E-state index in [0.29, 0.717) is 0 Å². The van der Waals surface area contributed by atoms with Gasteiger partial charge in [0.2, 0.25) is 0 Å². The number of carbonyl (C=O) groups excluding carboxylic acids is 5. The zero-order valence-electron chi connectivity index (χ0n) is 51.3. The van der Waals surface area contributed by atoms with Gasteiger partial charge in [0.05, 0.1) is 85.8 Å². The Kier molecular flexibility index (Phi) is 32.1. The lowest BCUT2D eigenvalue weighted by Crippen LogP contribution is -2.65. The second kappa shape index (κ2) is 37.7. The van der Waals surface area contributed by atoms with Crippen molar-refractivity contribution in [2.45, 2.75) is 199 Å². The third-order valence-electron chi connectivity index (χ3n) is 16.4. The van der Waals surface area contributed by atoms with Crippen LogP contribution in [0.3, 0.4) is 0 Å². The maximum absolute atomic E-state index is 15.1. The Hall–Kier alpha value is -6.06. The minimum absolute atomic E-state index is 0.00139. The maximum atomic E-state index is 15.1. The fourth-order valence-corrected chi connectivity index (χ4v) is 11.4. The molecule has 24 atom stereocenters. The minimum Gasteiger partial charge on any atom is -0.394 e. The topological polar surface area (TPSA) is 755 Å². The summed E-state index contributed by atoms with van der Waals surface area (Å²) in [4.78, 5) is 91.6.